The SMILES string of the molecule is CCCCC/C=C\C/C=C\CCCCCCCC(=O)OCC(COC(=O)/C=C(\CCCC)CCCCCCCC)COC(=O)OCC(C)(C)CN(CC)CC. The molecule has 0 saturated heterocycles. The van der Waals surface area contributed by atoms with E-state index in [4.69, 9.17) is 18.9 Å². The van der Waals surface area contributed by atoms with Gasteiger partial charge >= 0.3 is 18.1 Å². The van der Waals surface area contributed by atoms with Crippen molar-refractivity contribution in [3.63, 3.8) is 0 Å². The summed E-state index contributed by atoms with van der Waals surface area (Å²) < 4.78 is 22.2. The van der Waals surface area contributed by atoms with Crippen LogP contribution in [-0.2, 0) is 28.5 Å². The molecule has 0 radical (unpaired) electrons. The van der Waals surface area contributed by atoms with Crippen LogP contribution in [0.1, 0.15) is 190 Å². The predicted octanol–water partition coefficient (Wildman–Crippen LogP) is 12.9. The summed E-state index contributed by atoms with van der Waals surface area (Å²) in [5, 5.41) is 0. The Morgan fingerprint density at radius 2 is 1.07 bits per heavy atom. The van der Waals surface area contributed by atoms with E-state index in [1.165, 1.54) is 57.8 Å². The Bertz CT molecular complexity index is 1030. The summed E-state index contributed by atoms with van der Waals surface area (Å²) >= 11 is 0. The Kier molecular flexibility index (Phi) is 35.2. The number of carbonyl (C=O) groups excluding carboxylic acids is 3. The van der Waals surface area contributed by atoms with Gasteiger partial charge in [-0.1, -0.05) is 149 Å². The normalized spacial score (nSPS) is 12.8. The van der Waals surface area contributed by atoms with Crippen molar-refractivity contribution in [3.8, 4) is 0 Å². The molecule has 0 aromatic heterocycles. The second kappa shape index (κ2) is 37.0. The van der Waals surface area contributed by atoms with Crippen molar-refractivity contribution in [2.45, 2.75) is 190 Å². The summed E-state index contributed by atoms with van der Waals surface area (Å²) in [6, 6.07) is 0. The maximum Gasteiger partial charge on any atom is 0.508 e. The number of allylic oxidation sites excluding steroid dienone is 5. The molecule has 0 aromatic rings. The molecule has 1 unspecified atom stereocenters. The van der Waals surface area contributed by atoms with Gasteiger partial charge in [-0.25, -0.2) is 9.59 Å². The minimum Gasteiger partial charge on any atom is -0.465 e. The number of esters is 2. The molecule has 1 atom stereocenters. The number of ether oxygens (including phenoxy) is 4. The average molecular weight is 776 g/mol. The van der Waals surface area contributed by atoms with Gasteiger partial charge in [0.25, 0.3) is 0 Å². The largest absolute Gasteiger partial charge is 0.508 e. The summed E-state index contributed by atoms with van der Waals surface area (Å²) in [6.07, 6.45) is 33.7. The van der Waals surface area contributed by atoms with E-state index in [0.717, 1.165) is 102 Å². The maximum atomic E-state index is 12.9. The Hall–Kier alpha value is -2.61. The molecule has 0 N–H and O–H groups in total. The van der Waals surface area contributed by atoms with E-state index in [-0.39, 0.29) is 37.8 Å². The van der Waals surface area contributed by atoms with Crippen LogP contribution >= 0.6 is 0 Å². The second-order valence-corrected chi connectivity index (χ2v) is 16.1. The van der Waals surface area contributed by atoms with Gasteiger partial charge in [-0.3, -0.25) is 4.79 Å². The van der Waals surface area contributed by atoms with Crippen molar-refractivity contribution in [1.29, 1.82) is 0 Å². The number of hydrogen-bond acceptors (Lipinski definition) is 8. The lowest BCUT2D eigenvalue weighted by atomic mass is 9.94. The molecule has 320 valence electrons. The molecule has 55 heavy (non-hydrogen) atoms. The van der Waals surface area contributed by atoms with Gasteiger partial charge < -0.3 is 23.8 Å². The van der Waals surface area contributed by atoms with Gasteiger partial charge in [0.2, 0.25) is 0 Å². The number of unbranched alkanes of at least 4 members (excludes halogenated alkanes) is 14. The zero-order chi connectivity index (χ0) is 40.8. The summed E-state index contributed by atoms with van der Waals surface area (Å²) in [4.78, 5) is 40.5. The third-order valence-electron chi connectivity index (χ3n) is 9.86. The monoisotopic (exact) mass is 776 g/mol. The van der Waals surface area contributed by atoms with Crippen LogP contribution in [0.15, 0.2) is 36.0 Å². The van der Waals surface area contributed by atoms with Gasteiger partial charge in [0.05, 0.1) is 5.92 Å². The van der Waals surface area contributed by atoms with Gasteiger partial charge in [0.15, 0.2) is 0 Å². The lowest BCUT2D eigenvalue weighted by Crippen LogP contribution is -2.37. The molecule has 0 rings (SSSR count). The van der Waals surface area contributed by atoms with E-state index >= 15 is 0 Å². The van der Waals surface area contributed by atoms with Crippen molar-refractivity contribution >= 4 is 18.1 Å². The first-order valence-corrected chi connectivity index (χ1v) is 22.4. The zero-order valence-electron chi connectivity index (χ0n) is 36.8. The number of nitrogens with zero attached hydrogens (tertiary/aromatic N) is 1. The fraction of sp³-hybridized carbons (Fsp3) is 0.809. The van der Waals surface area contributed by atoms with Gasteiger partial charge in [-0.05, 0) is 77.3 Å². The molecular formula is C47H85NO7. The number of carbonyl (C=O) groups is 3. The molecule has 0 aliphatic heterocycles. The van der Waals surface area contributed by atoms with Crippen LogP contribution in [-0.4, -0.2) is 69.1 Å². The Labute approximate surface area is 338 Å². The first-order valence-electron chi connectivity index (χ1n) is 22.4. The Morgan fingerprint density at radius 1 is 0.564 bits per heavy atom. The van der Waals surface area contributed by atoms with E-state index in [0.29, 0.717) is 6.42 Å². The van der Waals surface area contributed by atoms with Crippen molar-refractivity contribution in [3.05, 3.63) is 36.0 Å². The third-order valence-corrected chi connectivity index (χ3v) is 9.86. The highest BCUT2D eigenvalue weighted by atomic mass is 16.7. The summed E-state index contributed by atoms with van der Waals surface area (Å²) in [5.41, 5.74) is 0.879. The molecule has 0 aromatic carbocycles. The lowest BCUT2D eigenvalue weighted by molar-refractivity contribution is -0.148. The average Bonchev–Trinajstić information content (AvgIpc) is 3.17. The highest BCUT2D eigenvalue weighted by Gasteiger charge is 2.24. The minimum absolute atomic E-state index is 0.00270. The molecule has 8 heteroatoms. The molecule has 0 saturated carbocycles. The van der Waals surface area contributed by atoms with Gasteiger partial charge in [0, 0.05) is 24.5 Å². The van der Waals surface area contributed by atoms with E-state index in [2.05, 4.69) is 77.7 Å². The third kappa shape index (κ3) is 34.4. The smallest absolute Gasteiger partial charge is 0.465 e. The molecule has 0 amide bonds. The molecule has 0 heterocycles. The van der Waals surface area contributed by atoms with Crippen LogP contribution in [0.5, 0.6) is 0 Å². The molecule has 0 bridgehead atoms. The van der Waals surface area contributed by atoms with Crippen LogP contribution in [0.2, 0.25) is 0 Å². The zero-order valence-corrected chi connectivity index (χ0v) is 36.8. The summed E-state index contributed by atoms with van der Waals surface area (Å²) in [6.45, 7) is 17.7. The van der Waals surface area contributed by atoms with Crippen molar-refractivity contribution in [1.82, 2.24) is 4.90 Å². The van der Waals surface area contributed by atoms with Crippen LogP contribution in [0.4, 0.5) is 4.79 Å². The lowest BCUT2D eigenvalue weighted by Gasteiger charge is -2.30. The standard InChI is InChI=1S/C47H85NO7/c1-8-13-16-18-20-21-22-23-24-25-26-27-28-30-32-35-44(49)52-37-43(39-54-46(51)55-41-47(6,7)40-48(11-4)12-5)38-53-45(50)36-42(33-15-10-3)34-31-29-19-17-14-9-2/h20-21,23-24,36,43H,8-19,22,25-35,37-41H2,1-7H3/b21-20-,24-23-,42-36+. The van der Waals surface area contributed by atoms with E-state index < -0.39 is 18.0 Å². The summed E-state index contributed by atoms with van der Waals surface area (Å²) in [7, 11) is 0. The van der Waals surface area contributed by atoms with Crippen molar-refractivity contribution < 1.29 is 33.3 Å². The first kappa shape index (κ1) is 52.4. The Balaban J connectivity index is 4.92. The van der Waals surface area contributed by atoms with Crippen LogP contribution in [0, 0.1) is 11.3 Å². The first-order chi connectivity index (χ1) is 26.6. The molecule has 0 aliphatic carbocycles. The van der Waals surface area contributed by atoms with Gasteiger partial charge in [-0.2, -0.15) is 0 Å². The van der Waals surface area contributed by atoms with Crippen molar-refractivity contribution in [2.24, 2.45) is 11.3 Å². The quantitative estimate of drug-likeness (QED) is 0.0202. The molecule has 0 aliphatic rings. The van der Waals surface area contributed by atoms with Crippen molar-refractivity contribution in [2.75, 3.05) is 46.1 Å². The highest BCUT2D eigenvalue weighted by molar-refractivity contribution is 5.82. The van der Waals surface area contributed by atoms with Crippen LogP contribution < -0.4 is 0 Å². The maximum absolute atomic E-state index is 12.9. The Morgan fingerprint density at radius 3 is 1.71 bits per heavy atom. The van der Waals surface area contributed by atoms with Crippen LogP contribution in [0.25, 0.3) is 0 Å². The minimum atomic E-state index is -0.777. The number of hydrogen-bond donors (Lipinski definition) is 0. The molecule has 8 nitrogen and oxygen atoms in total. The molecular weight excluding hydrogens is 691 g/mol. The fourth-order valence-corrected chi connectivity index (χ4v) is 6.30. The molecule has 0 spiro atoms. The van der Waals surface area contributed by atoms with Gasteiger partial charge in [0.1, 0.15) is 26.4 Å². The highest BCUT2D eigenvalue weighted by Crippen LogP contribution is 2.19. The fourth-order valence-electron chi connectivity index (χ4n) is 6.30. The van der Waals surface area contributed by atoms with Gasteiger partial charge in [-0.15, -0.1) is 0 Å². The topological polar surface area (TPSA) is 91.4 Å². The predicted molar refractivity (Wildman–Crippen MR) is 229 cm³/mol. The summed E-state index contributed by atoms with van der Waals surface area (Å²) in [5.74, 6) is -1.19. The second-order valence-electron chi connectivity index (χ2n) is 16.1. The molecule has 0 fully saturated rings. The van der Waals surface area contributed by atoms with Crippen LogP contribution in [0.3, 0.4) is 0 Å². The number of rotatable bonds is 37. The van der Waals surface area contributed by atoms with E-state index in [1.54, 1.807) is 6.08 Å². The van der Waals surface area contributed by atoms with E-state index in [9.17, 15) is 14.4 Å². The van der Waals surface area contributed by atoms with E-state index in [1.807, 2.05) is 0 Å².